The Balaban J connectivity index is 1.78. The maximum Gasteiger partial charge on any atom is 0.251 e. The quantitative estimate of drug-likeness (QED) is 0.710. The summed E-state index contributed by atoms with van der Waals surface area (Å²) in [7, 11) is 3.83. The Labute approximate surface area is 165 Å². The van der Waals surface area contributed by atoms with Gasteiger partial charge < -0.3 is 10.2 Å². The van der Waals surface area contributed by atoms with Gasteiger partial charge in [0, 0.05) is 43.3 Å². The largest absolute Gasteiger partial charge is 0.347 e. The molecule has 2 heterocycles. The standard InChI is InChI=1S/C22H25N5O/c1-5-19(18-7-6-12-23-14-18)25-21(28)17-10-8-16(9-11-17)20-13-15(2)24-22(26-20)27(3)4/h6-14,19H,5H2,1-4H3,(H,25,28)/t19-/m1/s1. The van der Waals surface area contributed by atoms with Gasteiger partial charge in [0.1, 0.15) is 0 Å². The monoisotopic (exact) mass is 375 g/mol. The van der Waals surface area contributed by atoms with Crippen molar-refractivity contribution in [2.75, 3.05) is 19.0 Å². The highest BCUT2D eigenvalue weighted by molar-refractivity contribution is 5.94. The summed E-state index contributed by atoms with van der Waals surface area (Å²) in [6.07, 6.45) is 4.31. The van der Waals surface area contributed by atoms with Gasteiger partial charge in [-0.05, 0) is 43.2 Å². The van der Waals surface area contributed by atoms with E-state index in [4.69, 9.17) is 0 Å². The van der Waals surface area contributed by atoms with Crippen LogP contribution < -0.4 is 10.2 Å². The zero-order chi connectivity index (χ0) is 20.1. The van der Waals surface area contributed by atoms with Crippen molar-refractivity contribution in [1.82, 2.24) is 20.3 Å². The van der Waals surface area contributed by atoms with E-state index in [0.717, 1.165) is 28.9 Å². The van der Waals surface area contributed by atoms with Crippen LogP contribution in [0.1, 0.15) is 41.0 Å². The Morgan fingerprint density at radius 2 is 1.89 bits per heavy atom. The van der Waals surface area contributed by atoms with Crippen molar-refractivity contribution in [3.63, 3.8) is 0 Å². The molecule has 2 aromatic heterocycles. The molecule has 28 heavy (non-hydrogen) atoms. The van der Waals surface area contributed by atoms with E-state index in [1.165, 1.54) is 0 Å². The van der Waals surface area contributed by atoms with Gasteiger partial charge in [-0.2, -0.15) is 0 Å². The lowest BCUT2D eigenvalue weighted by atomic mass is 10.0. The average molecular weight is 375 g/mol. The van der Waals surface area contributed by atoms with Crippen LogP contribution in [0.5, 0.6) is 0 Å². The van der Waals surface area contributed by atoms with Crippen LogP contribution in [0.3, 0.4) is 0 Å². The van der Waals surface area contributed by atoms with Gasteiger partial charge in [-0.3, -0.25) is 9.78 Å². The number of hydrogen-bond acceptors (Lipinski definition) is 5. The molecule has 6 nitrogen and oxygen atoms in total. The average Bonchev–Trinajstić information content (AvgIpc) is 2.72. The molecule has 0 spiro atoms. The van der Waals surface area contributed by atoms with Crippen molar-refractivity contribution < 1.29 is 4.79 Å². The van der Waals surface area contributed by atoms with E-state index in [2.05, 4.69) is 20.3 Å². The van der Waals surface area contributed by atoms with E-state index in [0.29, 0.717) is 11.5 Å². The third-order valence-electron chi connectivity index (χ3n) is 4.49. The summed E-state index contributed by atoms with van der Waals surface area (Å²) >= 11 is 0. The predicted octanol–water partition coefficient (Wildman–Crippen LogP) is 3.79. The van der Waals surface area contributed by atoms with Gasteiger partial charge in [0.05, 0.1) is 11.7 Å². The molecule has 0 fully saturated rings. The van der Waals surface area contributed by atoms with Gasteiger partial charge in [-0.25, -0.2) is 9.97 Å². The molecule has 0 unspecified atom stereocenters. The third kappa shape index (κ3) is 4.52. The van der Waals surface area contributed by atoms with Crippen LogP contribution in [-0.2, 0) is 0 Å². The molecule has 1 N–H and O–H groups in total. The van der Waals surface area contributed by atoms with E-state index in [-0.39, 0.29) is 11.9 Å². The van der Waals surface area contributed by atoms with Crippen molar-refractivity contribution in [3.8, 4) is 11.3 Å². The molecular formula is C22H25N5O. The summed E-state index contributed by atoms with van der Waals surface area (Å²) in [4.78, 5) is 27.7. The first-order chi connectivity index (χ1) is 13.5. The normalized spacial score (nSPS) is 11.7. The maximum atomic E-state index is 12.7. The molecule has 0 aliphatic rings. The van der Waals surface area contributed by atoms with Crippen LogP contribution in [0.4, 0.5) is 5.95 Å². The summed E-state index contributed by atoms with van der Waals surface area (Å²) in [6.45, 7) is 3.99. The number of nitrogens with zero attached hydrogens (tertiary/aromatic N) is 4. The fourth-order valence-electron chi connectivity index (χ4n) is 2.94. The van der Waals surface area contributed by atoms with Crippen LogP contribution in [0, 0.1) is 6.92 Å². The number of pyridine rings is 1. The zero-order valence-corrected chi connectivity index (χ0v) is 16.7. The van der Waals surface area contributed by atoms with Crippen molar-refractivity contribution in [3.05, 3.63) is 71.7 Å². The minimum atomic E-state index is -0.102. The third-order valence-corrected chi connectivity index (χ3v) is 4.49. The molecular weight excluding hydrogens is 350 g/mol. The molecule has 1 atom stereocenters. The molecule has 0 aliphatic carbocycles. The molecule has 0 saturated heterocycles. The van der Waals surface area contributed by atoms with E-state index >= 15 is 0 Å². The molecule has 3 rings (SSSR count). The number of carbonyl (C=O) groups is 1. The van der Waals surface area contributed by atoms with E-state index in [9.17, 15) is 4.79 Å². The van der Waals surface area contributed by atoms with Gasteiger partial charge in [0.25, 0.3) is 5.91 Å². The SMILES string of the molecule is CC[C@@H](NC(=O)c1ccc(-c2cc(C)nc(N(C)C)n2)cc1)c1cccnc1. The smallest absolute Gasteiger partial charge is 0.251 e. The second kappa shape index (κ2) is 8.61. The summed E-state index contributed by atoms with van der Waals surface area (Å²) in [5, 5.41) is 3.08. The first kappa shape index (κ1) is 19.5. The summed E-state index contributed by atoms with van der Waals surface area (Å²) in [6, 6.07) is 13.2. The molecule has 144 valence electrons. The number of carbonyl (C=O) groups excluding carboxylic acids is 1. The van der Waals surface area contributed by atoms with Crippen LogP contribution in [-0.4, -0.2) is 35.0 Å². The minimum Gasteiger partial charge on any atom is -0.347 e. The number of anilines is 1. The number of benzene rings is 1. The number of nitrogens with one attached hydrogen (secondary N) is 1. The fourth-order valence-corrected chi connectivity index (χ4v) is 2.94. The van der Waals surface area contributed by atoms with Crippen molar-refractivity contribution in [1.29, 1.82) is 0 Å². The maximum absolute atomic E-state index is 12.7. The number of rotatable bonds is 6. The van der Waals surface area contributed by atoms with Gasteiger partial charge in [0.15, 0.2) is 0 Å². The van der Waals surface area contributed by atoms with Gasteiger partial charge in [-0.1, -0.05) is 25.1 Å². The summed E-state index contributed by atoms with van der Waals surface area (Å²) in [5.41, 5.74) is 4.31. The van der Waals surface area contributed by atoms with E-state index < -0.39 is 0 Å². The molecule has 0 radical (unpaired) electrons. The predicted molar refractivity (Wildman–Crippen MR) is 111 cm³/mol. The Morgan fingerprint density at radius 1 is 1.14 bits per heavy atom. The van der Waals surface area contributed by atoms with Crippen LogP contribution in [0.25, 0.3) is 11.3 Å². The van der Waals surface area contributed by atoms with Gasteiger partial charge in [-0.15, -0.1) is 0 Å². The van der Waals surface area contributed by atoms with Crippen molar-refractivity contribution in [2.45, 2.75) is 26.3 Å². The van der Waals surface area contributed by atoms with Crippen LogP contribution >= 0.6 is 0 Å². The summed E-state index contributed by atoms with van der Waals surface area (Å²) < 4.78 is 0. The minimum absolute atomic E-state index is 0.0620. The Morgan fingerprint density at radius 3 is 2.50 bits per heavy atom. The number of amides is 1. The summed E-state index contributed by atoms with van der Waals surface area (Å²) in [5.74, 6) is 0.564. The lowest BCUT2D eigenvalue weighted by Crippen LogP contribution is -2.28. The molecule has 0 aliphatic heterocycles. The molecule has 3 aromatic rings. The van der Waals surface area contributed by atoms with Crippen molar-refractivity contribution in [2.24, 2.45) is 0 Å². The molecule has 1 amide bonds. The molecule has 0 bridgehead atoms. The van der Waals surface area contributed by atoms with Crippen LogP contribution in [0.15, 0.2) is 54.9 Å². The highest BCUT2D eigenvalue weighted by atomic mass is 16.1. The van der Waals surface area contributed by atoms with E-state index in [1.54, 1.807) is 12.4 Å². The second-order valence-corrected chi connectivity index (χ2v) is 6.89. The van der Waals surface area contributed by atoms with Crippen molar-refractivity contribution >= 4 is 11.9 Å². The lowest BCUT2D eigenvalue weighted by molar-refractivity contribution is 0.0935. The molecule has 6 heteroatoms. The fraction of sp³-hybridized carbons (Fsp3) is 0.273. The first-order valence-electron chi connectivity index (χ1n) is 9.32. The second-order valence-electron chi connectivity index (χ2n) is 6.89. The number of aromatic nitrogens is 3. The Hall–Kier alpha value is -3.28. The molecule has 0 saturated carbocycles. The Bertz CT molecular complexity index is 939. The highest BCUT2D eigenvalue weighted by Gasteiger charge is 2.14. The topological polar surface area (TPSA) is 71.0 Å². The number of aryl methyl sites for hydroxylation is 1. The molecule has 1 aromatic carbocycles. The Kier molecular flexibility index (Phi) is 5.99. The highest BCUT2D eigenvalue weighted by Crippen LogP contribution is 2.21. The number of hydrogen-bond donors (Lipinski definition) is 1. The van der Waals surface area contributed by atoms with Gasteiger partial charge >= 0.3 is 0 Å². The van der Waals surface area contributed by atoms with E-state index in [1.807, 2.05) is 75.3 Å². The lowest BCUT2D eigenvalue weighted by Gasteiger charge is -2.17. The first-order valence-corrected chi connectivity index (χ1v) is 9.32. The van der Waals surface area contributed by atoms with Gasteiger partial charge in [0.2, 0.25) is 5.95 Å². The van der Waals surface area contributed by atoms with Crippen LogP contribution in [0.2, 0.25) is 0 Å². The zero-order valence-electron chi connectivity index (χ0n) is 16.7.